The highest BCUT2D eigenvalue weighted by Crippen LogP contribution is 2.19. The van der Waals surface area contributed by atoms with Gasteiger partial charge in [0.05, 0.1) is 11.1 Å². The number of aromatic nitrogens is 1. The first-order chi connectivity index (χ1) is 10.2. The largest absolute Gasteiger partial charge is 0.478 e. The van der Waals surface area contributed by atoms with Gasteiger partial charge in [-0.1, -0.05) is 18.9 Å². The van der Waals surface area contributed by atoms with E-state index in [-0.39, 0.29) is 12.2 Å². The van der Waals surface area contributed by atoms with Gasteiger partial charge in [0.2, 0.25) is 0 Å². The van der Waals surface area contributed by atoms with Crippen LogP contribution >= 0.6 is 0 Å². The zero-order valence-electron chi connectivity index (χ0n) is 11.9. The van der Waals surface area contributed by atoms with E-state index < -0.39 is 5.97 Å². The maximum atomic E-state index is 11.1. The summed E-state index contributed by atoms with van der Waals surface area (Å²) in [7, 11) is 0. The standard InChI is InChI=1S/C16H20N2O3/c19-11-4-2-1-3-10-17-15-9-8-12-13(16(20)21)6-5-7-14(12)18-15/h5-9,19H,1-4,10-11H2,(H,17,18)(H,20,21). The number of benzene rings is 1. The molecule has 0 fully saturated rings. The number of fused-ring (bicyclic) bond motifs is 1. The molecule has 0 radical (unpaired) electrons. The third kappa shape index (κ3) is 4.16. The van der Waals surface area contributed by atoms with Crippen LogP contribution in [0.2, 0.25) is 0 Å². The first kappa shape index (κ1) is 15.3. The molecule has 5 nitrogen and oxygen atoms in total. The Bertz CT molecular complexity index is 613. The lowest BCUT2D eigenvalue weighted by molar-refractivity contribution is 0.0699. The SMILES string of the molecule is O=C(O)c1cccc2nc(NCCCCCCO)ccc12. The van der Waals surface area contributed by atoms with Gasteiger partial charge in [-0.2, -0.15) is 0 Å². The summed E-state index contributed by atoms with van der Waals surface area (Å²) >= 11 is 0. The molecule has 112 valence electrons. The van der Waals surface area contributed by atoms with Gasteiger partial charge in [0.1, 0.15) is 5.82 Å². The lowest BCUT2D eigenvalue weighted by atomic mass is 10.1. The summed E-state index contributed by atoms with van der Waals surface area (Å²) < 4.78 is 0. The fraction of sp³-hybridized carbons (Fsp3) is 0.375. The van der Waals surface area contributed by atoms with E-state index in [9.17, 15) is 4.79 Å². The van der Waals surface area contributed by atoms with Crippen LogP contribution < -0.4 is 5.32 Å². The number of nitrogens with zero attached hydrogens (tertiary/aromatic N) is 1. The first-order valence-corrected chi connectivity index (χ1v) is 7.20. The minimum atomic E-state index is -0.938. The molecule has 0 aliphatic heterocycles. The molecule has 3 N–H and O–H groups in total. The monoisotopic (exact) mass is 288 g/mol. The third-order valence-corrected chi connectivity index (χ3v) is 3.35. The Morgan fingerprint density at radius 2 is 1.90 bits per heavy atom. The van der Waals surface area contributed by atoms with Crippen LogP contribution in [0.5, 0.6) is 0 Å². The van der Waals surface area contributed by atoms with Crippen LogP contribution in [0.4, 0.5) is 5.82 Å². The topological polar surface area (TPSA) is 82.5 Å². The van der Waals surface area contributed by atoms with E-state index in [0.29, 0.717) is 10.9 Å². The van der Waals surface area contributed by atoms with Crippen molar-refractivity contribution in [1.82, 2.24) is 4.98 Å². The first-order valence-electron chi connectivity index (χ1n) is 7.20. The number of hydrogen-bond donors (Lipinski definition) is 3. The molecule has 0 aliphatic carbocycles. The molecule has 0 aliphatic rings. The Labute approximate surface area is 123 Å². The summed E-state index contributed by atoms with van der Waals surface area (Å²) in [4.78, 5) is 15.6. The van der Waals surface area contributed by atoms with Crippen LogP contribution in [0.15, 0.2) is 30.3 Å². The average Bonchev–Trinajstić information content (AvgIpc) is 2.49. The van der Waals surface area contributed by atoms with Crippen LogP contribution in [0, 0.1) is 0 Å². The van der Waals surface area contributed by atoms with Crippen molar-refractivity contribution >= 4 is 22.7 Å². The summed E-state index contributed by atoms with van der Waals surface area (Å²) in [6, 6.07) is 8.70. The van der Waals surface area contributed by atoms with Crippen LogP contribution in [-0.2, 0) is 0 Å². The number of nitrogens with one attached hydrogen (secondary N) is 1. The molecule has 1 heterocycles. The summed E-state index contributed by atoms with van der Waals surface area (Å²) in [6.45, 7) is 1.08. The normalized spacial score (nSPS) is 10.7. The number of aliphatic hydroxyl groups excluding tert-OH is 1. The number of hydrogen-bond acceptors (Lipinski definition) is 4. The van der Waals surface area contributed by atoms with Gasteiger partial charge in [0, 0.05) is 18.5 Å². The molecule has 2 rings (SSSR count). The lowest BCUT2D eigenvalue weighted by Crippen LogP contribution is -2.04. The van der Waals surface area contributed by atoms with Gasteiger partial charge in [0.15, 0.2) is 0 Å². The average molecular weight is 288 g/mol. The minimum Gasteiger partial charge on any atom is -0.478 e. The van der Waals surface area contributed by atoms with Crippen molar-refractivity contribution in [3.8, 4) is 0 Å². The fourth-order valence-corrected chi connectivity index (χ4v) is 2.25. The van der Waals surface area contributed by atoms with Crippen LogP contribution in [0.3, 0.4) is 0 Å². The van der Waals surface area contributed by atoms with Gasteiger partial charge in [-0.05, 0) is 37.1 Å². The van der Waals surface area contributed by atoms with E-state index in [1.54, 1.807) is 18.2 Å². The van der Waals surface area contributed by atoms with E-state index in [0.717, 1.165) is 38.0 Å². The van der Waals surface area contributed by atoms with Gasteiger partial charge in [-0.3, -0.25) is 0 Å². The highest BCUT2D eigenvalue weighted by molar-refractivity contribution is 6.02. The highest BCUT2D eigenvalue weighted by Gasteiger charge is 2.08. The Kier molecular flexibility index (Phi) is 5.51. The number of carbonyl (C=O) groups is 1. The van der Waals surface area contributed by atoms with E-state index in [4.69, 9.17) is 10.2 Å². The molecule has 1 aromatic carbocycles. The summed E-state index contributed by atoms with van der Waals surface area (Å²) in [6.07, 6.45) is 3.98. The smallest absolute Gasteiger partial charge is 0.336 e. The molecule has 0 amide bonds. The Balaban J connectivity index is 1.98. The molecule has 0 atom stereocenters. The fourth-order valence-electron chi connectivity index (χ4n) is 2.25. The number of carboxylic acids is 1. The van der Waals surface area contributed by atoms with E-state index in [2.05, 4.69) is 10.3 Å². The van der Waals surface area contributed by atoms with Gasteiger partial charge < -0.3 is 15.5 Å². The van der Waals surface area contributed by atoms with Gasteiger partial charge in [0.25, 0.3) is 0 Å². The second kappa shape index (κ2) is 7.59. The minimum absolute atomic E-state index is 0.256. The Morgan fingerprint density at radius 3 is 2.67 bits per heavy atom. The zero-order chi connectivity index (χ0) is 15.1. The van der Waals surface area contributed by atoms with Crippen molar-refractivity contribution in [1.29, 1.82) is 0 Å². The van der Waals surface area contributed by atoms with E-state index in [1.165, 1.54) is 0 Å². The summed E-state index contributed by atoms with van der Waals surface area (Å²) in [5, 5.41) is 21.7. The van der Waals surface area contributed by atoms with Crippen LogP contribution in [0.25, 0.3) is 10.9 Å². The predicted molar refractivity (Wildman–Crippen MR) is 82.7 cm³/mol. The second-order valence-corrected chi connectivity index (χ2v) is 4.94. The maximum absolute atomic E-state index is 11.1. The number of rotatable bonds is 8. The molecule has 0 bridgehead atoms. The molecule has 1 aromatic heterocycles. The number of unbranched alkanes of at least 4 members (excludes halogenated alkanes) is 3. The number of pyridine rings is 1. The van der Waals surface area contributed by atoms with Crippen molar-refractivity contribution in [2.24, 2.45) is 0 Å². The maximum Gasteiger partial charge on any atom is 0.336 e. The summed E-state index contributed by atoms with van der Waals surface area (Å²) in [5.41, 5.74) is 0.954. The molecule has 5 heteroatoms. The highest BCUT2D eigenvalue weighted by atomic mass is 16.4. The molecule has 0 spiro atoms. The number of carboxylic acid groups (broad SMARTS) is 1. The molecule has 0 saturated carbocycles. The van der Waals surface area contributed by atoms with E-state index in [1.807, 2.05) is 12.1 Å². The number of aliphatic hydroxyl groups is 1. The Hall–Kier alpha value is -2.14. The van der Waals surface area contributed by atoms with Crippen molar-refractivity contribution in [3.05, 3.63) is 35.9 Å². The molecule has 0 saturated heterocycles. The summed E-state index contributed by atoms with van der Waals surface area (Å²) in [5.74, 6) is -0.181. The molecule has 21 heavy (non-hydrogen) atoms. The van der Waals surface area contributed by atoms with Crippen molar-refractivity contribution in [2.75, 3.05) is 18.5 Å². The molecular weight excluding hydrogens is 268 g/mol. The molecular formula is C16H20N2O3. The quantitative estimate of drug-likeness (QED) is 0.651. The Morgan fingerprint density at radius 1 is 1.10 bits per heavy atom. The van der Waals surface area contributed by atoms with Gasteiger partial charge in [-0.15, -0.1) is 0 Å². The van der Waals surface area contributed by atoms with Crippen LogP contribution in [0.1, 0.15) is 36.0 Å². The second-order valence-electron chi connectivity index (χ2n) is 4.94. The lowest BCUT2D eigenvalue weighted by Gasteiger charge is -2.07. The zero-order valence-corrected chi connectivity index (χ0v) is 11.9. The van der Waals surface area contributed by atoms with Crippen molar-refractivity contribution < 1.29 is 15.0 Å². The van der Waals surface area contributed by atoms with Gasteiger partial charge in [-0.25, -0.2) is 9.78 Å². The van der Waals surface area contributed by atoms with Crippen molar-refractivity contribution in [2.45, 2.75) is 25.7 Å². The molecule has 0 unspecified atom stereocenters. The van der Waals surface area contributed by atoms with E-state index >= 15 is 0 Å². The van der Waals surface area contributed by atoms with Gasteiger partial charge >= 0.3 is 5.97 Å². The van der Waals surface area contributed by atoms with Crippen molar-refractivity contribution in [3.63, 3.8) is 0 Å². The predicted octanol–water partition coefficient (Wildman–Crippen LogP) is 2.90. The number of anilines is 1. The third-order valence-electron chi connectivity index (χ3n) is 3.35. The molecule has 2 aromatic rings. The van der Waals surface area contributed by atoms with Crippen LogP contribution in [-0.4, -0.2) is 34.3 Å². The number of aromatic carboxylic acids is 1.